The Kier molecular flexibility index (Phi) is 4.69. The van der Waals surface area contributed by atoms with Crippen molar-refractivity contribution in [3.63, 3.8) is 0 Å². The van der Waals surface area contributed by atoms with Crippen molar-refractivity contribution in [3.05, 3.63) is 24.3 Å². The van der Waals surface area contributed by atoms with E-state index in [1.165, 1.54) is 0 Å². The molecule has 0 bridgehead atoms. The summed E-state index contributed by atoms with van der Waals surface area (Å²) in [7, 11) is 0. The molecule has 0 saturated carbocycles. The first kappa shape index (κ1) is 15.6. The van der Waals surface area contributed by atoms with E-state index in [1.54, 1.807) is 9.80 Å². The fourth-order valence-electron chi connectivity index (χ4n) is 3.09. The molecule has 0 spiro atoms. The molecule has 0 N–H and O–H groups in total. The molecule has 2 saturated heterocycles. The first-order valence-corrected chi connectivity index (χ1v) is 8.26. The van der Waals surface area contributed by atoms with Crippen LogP contribution in [0.25, 0.3) is 0 Å². The van der Waals surface area contributed by atoms with Crippen LogP contribution in [0.5, 0.6) is 5.75 Å². The molecule has 2 aliphatic rings. The van der Waals surface area contributed by atoms with E-state index in [0.29, 0.717) is 19.7 Å². The van der Waals surface area contributed by atoms with Crippen molar-refractivity contribution in [1.29, 1.82) is 0 Å². The Bertz CT molecular complexity index is 567. The largest absolute Gasteiger partial charge is 0.494 e. The third kappa shape index (κ3) is 3.41. The van der Waals surface area contributed by atoms with Crippen molar-refractivity contribution in [3.8, 4) is 5.75 Å². The molecule has 3 rings (SSSR count). The standard InChI is InChI=1S/C17H23N3O3/c1-2-23-15-7-5-14(6-8-15)20-12-11-19(17(20)22)13-16(21)18-9-3-4-10-18/h5-8H,2-4,9-13H2,1H3. The van der Waals surface area contributed by atoms with Crippen LogP contribution < -0.4 is 9.64 Å². The van der Waals surface area contributed by atoms with Crippen LogP contribution in [0.4, 0.5) is 10.5 Å². The molecule has 6 nitrogen and oxygen atoms in total. The maximum absolute atomic E-state index is 12.5. The van der Waals surface area contributed by atoms with Crippen LogP contribution >= 0.6 is 0 Å². The Labute approximate surface area is 136 Å². The lowest BCUT2D eigenvalue weighted by molar-refractivity contribution is -0.130. The van der Waals surface area contributed by atoms with Crippen molar-refractivity contribution in [2.45, 2.75) is 19.8 Å². The van der Waals surface area contributed by atoms with E-state index in [9.17, 15) is 9.59 Å². The topological polar surface area (TPSA) is 53.1 Å². The van der Waals surface area contributed by atoms with Gasteiger partial charge in [0.05, 0.1) is 6.61 Å². The fourth-order valence-corrected chi connectivity index (χ4v) is 3.09. The van der Waals surface area contributed by atoms with Crippen LogP contribution in [-0.2, 0) is 4.79 Å². The van der Waals surface area contributed by atoms with E-state index in [1.807, 2.05) is 36.1 Å². The predicted octanol–water partition coefficient (Wildman–Crippen LogP) is 1.95. The highest BCUT2D eigenvalue weighted by Crippen LogP contribution is 2.23. The fraction of sp³-hybridized carbons (Fsp3) is 0.529. The molecule has 2 heterocycles. The molecule has 23 heavy (non-hydrogen) atoms. The second kappa shape index (κ2) is 6.89. The van der Waals surface area contributed by atoms with Crippen molar-refractivity contribution < 1.29 is 14.3 Å². The van der Waals surface area contributed by atoms with Gasteiger partial charge in [0.15, 0.2) is 0 Å². The van der Waals surface area contributed by atoms with Gasteiger partial charge < -0.3 is 14.5 Å². The molecule has 0 atom stereocenters. The number of hydrogen-bond acceptors (Lipinski definition) is 3. The van der Waals surface area contributed by atoms with Gasteiger partial charge in [-0.2, -0.15) is 0 Å². The van der Waals surface area contributed by atoms with Crippen LogP contribution in [0.2, 0.25) is 0 Å². The smallest absolute Gasteiger partial charge is 0.325 e. The van der Waals surface area contributed by atoms with E-state index in [2.05, 4.69) is 0 Å². The molecular formula is C17H23N3O3. The zero-order chi connectivity index (χ0) is 16.2. The zero-order valence-electron chi connectivity index (χ0n) is 13.5. The van der Waals surface area contributed by atoms with E-state index in [4.69, 9.17) is 4.74 Å². The van der Waals surface area contributed by atoms with Crippen LogP contribution in [0.1, 0.15) is 19.8 Å². The van der Waals surface area contributed by atoms with E-state index >= 15 is 0 Å². The minimum Gasteiger partial charge on any atom is -0.494 e. The number of nitrogens with zero attached hydrogens (tertiary/aromatic N) is 3. The third-order valence-electron chi connectivity index (χ3n) is 4.34. The van der Waals surface area contributed by atoms with Gasteiger partial charge in [0.25, 0.3) is 0 Å². The molecular weight excluding hydrogens is 294 g/mol. The Morgan fingerprint density at radius 2 is 1.78 bits per heavy atom. The first-order valence-electron chi connectivity index (χ1n) is 8.26. The zero-order valence-corrected chi connectivity index (χ0v) is 13.5. The Hall–Kier alpha value is -2.24. The average molecular weight is 317 g/mol. The van der Waals surface area contributed by atoms with Gasteiger partial charge in [0.1, 0.15) is 12.3 Å². The van der Waals surface area contributed by atoms with Gasteiger partial charge in [-0.1, -0.05) is 0 Å². The van der Waals surface area contributed by atoms with Crippen molar-refractivity contribution in [2.24, 2.45) is 0 Å². The van der Waals surface area contributed by atoms with E-state index < -0.39 is 0 Å². The molecule has 2 fully saturated rings. The predicted molar refractivity (Wildman–Crippen MR) is 87.7 cm³/mol. The summed E-state index contributed by atoms with van der Waals surface area (Å²) in [6.07, 6.45) is 2.13. The minimum absolute atomic E-state index is 0.0596. The molecule has 0 aliphatic carbocycles. The molecule has 1 aromatic carbocycles. The van der Waals surface area contributed by atoms with Gasteiger partial charge in [0, 0.05) is 31.9 Å². The molecule has 0 radical (unpaired) electrons. The summed E-state index contributed by atoms with van der Waals surface area (Å²) in [5.74, 6) is 0.855. The van der Waals surface area contributed by atoms with Gasteiger partial charge in [0.2, 0.25) is 5.91 Å². The number of urea groups is 1. The molecule has 3 amide bonds. The minimum atomic E-state index is -0.0956. The first-order chi connectivity index (χ1) is 11.2. The summed E-state index contributed by atoms with van der Waals surface area (Å²) in [6.45, 7) is 5.59. The lowest BCUT2D eigenvalue weighted by atomic mass is 10.3. The molecule has 2 aliphatic heterocycles. The number of carbonyl (C=O) groups excluding carboxylic acids is 2. The molecule has 124 valence electrons. The monoisotopic (exact) mass is 317 g/mol. The number of amides is 3. The lowest BCUT2D eigenvalue weighted by Gasteiger charge is -2.21. The number of benzene rings is 1. The van der Waals surface area contributed by atoms with Crippen molar-refractivity contribution >= 4 is 17.6 Å². The number of ether oxygens (including phenoxy) is 1. The number of anilines is 1. The molecule has 6 heteroatoms. The summed E-state index contributed by atoms with van der Waals surface area (Å²) in [5, 5.41) is 0. The number of carbonyl (C=O) groups is 2. The number of likely N-dealkylation sites (tertiary alicyclic amines) is 1. The van der Waals surface area contributed by atoms with Gasteiger partial charge >= 0.3 is 6.03 Å². The second-order valence-electron chi connectivity index (χ2n) is 5.87. The maximum Gasteiger partial charge on any atom is 0.325 e. The van der Waals surface area contributed by atoms with E-state index in [0.717, 1.165) is 37.4 Å². The van der Waals surface area contributed by atoms with Gasteiger partial charge in [-0.3, -0.25) is 9.69 Å². The Morgan fingerprint density at radius 1 is 1.09 bits per heavy atom. The lowest BCUT2D eigenvalue weighted by Crippen LogP contribution is -2.41. The highest BCUT2D eigenvalue weighted by molar-refractivity contribution is 5.96. The third-order valence-corrected chi connectivity index (χ3v) is 4.34. The second-order valence-corrected chi connectivity index (χ2v) is 5.87. The normalized spacial score (nSPS) is 18.0. The van der Waals surface area contributed by atoms with Crippen LogP contribution in [0, 0.1) is 0 Å². The molecule has 0 unspecified atom stereocenters. The Morgan fingerprint density at radius 3 is 2.43 bits per heavy atom. The van der Waals surface area contributed by atoms with Crippen LogP contribution in [0.15, 0.2) is 24.3 Å². The summed E-state index contributed by atoms with van der Waals surface area (Å²) in [6, 6.07) is 7.40. The number of rotatable bonds is 5. The maximum atomic E-state index is 12.5. The summed E-state index contributed by atoms with van der Waals surface area (Å²) in [5.41, 5.74) is 0.842. The molecule has 0 aromatic heterocycles. The van der Waals surface area contributed by atoms with Gasteiger partial charge in [-0.25, -0.2) is 4.79 Å². The summed E-state index contributed by atoms with van der Waals surface area (Å²) < 4.78 is 5.42. The summed E-state index contributed by atoms with van der Waals surface area (Å²) in [4.78, 5) is 29.9. The van der Waals surface area contributed by atoms with Gasteiger partial charge in [-0.05, 0) is 44.0 Å². The quantitative estimate of drug-likeness (QED) is 0.834. The van der Waals surface area contributed by atoms with Crippen molar-refractivity contribution in [2.75, 3.05) is 44.2 Å². The summed E-state index contributed by atoms with van der Waals surface area (Å²) >= 11 is 0. The van der Waals surface area contributed by atoms with Crippen LogP contribution in [-0.4, -0.2) is 61.1 Å². The molecule has 1 aromatic rings. The highest BCUT2D eigenvalue weighted by atomic mass is 16.5. The van der Waals surface area contributed by atoms with Crippen molar-refractivity contribution in [1.82, 2.24) is 9.80 Å². The van der Waals surface area contributed by atoms with Gasteiger partial charge in [-0.15, -0.1) is 0 Å². The number of hydrogen-bond donors (Lipinski definition) is 0. The highest BCUT2D eigenvalue weighted by Gasteiger charge is 2.32. The van der Waals surface area contributed by atoms with E-state index in [-0.39, 0.29) is 18.5 Å². The average Bonchev–Trinajstić information content (AvgIpc) is 3.20. The SMILES string of the molecule is CCOc1ccc(N2CCN(CC(=O)N3CCCC3)C2=O)cc1. The van der Waals surface area contributed by atoms with Crippen LogP contribution in [0.3, 0.4) is 0 Å². The Balaban J connectivity index is 1.60.